The topological polar surface area (TPSA) is 61.8 Å². The first-order chi connectivity index (χ1) is 9.10. The van der Waals surface area contributed by atoms with Crippen LogP contribution in [0.4, 0.5) is 11.4 Å². The molecule has 19 heavy (non-hydrogen) atoms. The average molecular weight is 316 g/mol. The van der Waals surface area contributed by atoms with E-state index in [4.69, 9.17) is 11.0 Å². The van der Waals surface area contributed by atoms with Crippen LogP contribution in [0.25, 0.3) is 0 Å². The highest BCUT2D eigenvalue weighted by Gasteiger charge is 2.07. The van der Waals surface area contributed by atoms with Crippen LogP contribution in [0.2, 0.25) is 0 Å². The highest BCUT2D eigenvalue weighted by molar-refractivity contribution is 9.10. The summed E-state index contributed by atoms with van der Waals surface area (Å²) in [6.45, 7) is 2.08. The lowest BCUT2D eigenvalue weighted by Crippen LogP contribution is -2.07. The lowest BCUT2D eigenvalue weighted by molar-refractivity contribution is 0.884. The van der Waals surface area contributed by atoms with E-state index in [-0.39, 0.29) is 6.04 Å². The fourth-order valence-electron chi connectivity index (χ4n) is 1.86. The Hall–Kier alpha value is -1.99. The van der Waals surface area contributed by atoms with Crippen molar-refractivity contribution in [1.29, 1.82) is 5.26 Å². The molecule has 3 N–H and O–H groups in total. The van der Waals surface area contributed by atoms with E-state index in [1.54, 1.807) is 12.1 Å². The molecule has 4 heteroatoms. The molecule has 2 rings (SSSR count). The maximum Gasteiger partial charge on any atom is 0.101 e. The number of benzene rings is 2. The molecule has 0 aliphatic rings. The lowest BCUT2D eigenvalue weighted by Gasteiger charge is -2.16. The Bertz CT molecular complexity index is 632. The van der Waals surface area contributed by atoms with Crippen molar-refractivity contribution in [2.75, 3.05) is 11.1 Å². The van der Waals surface area contributed by atoms with Gasteiger partial charge in [-0.05, 0) is 42.8 Å². The summed E-state index contributed by atoms with van der Waals surface area (Å²) in [5.41, 5.74) is 8.88. The van der Waals surface area contributed by atoms with E-state index in [1.807, 2.05) is 18.2 Å². The number of hydrogen-bond acceptors (Lipinski definition) is 3. The van der Waals surface area contributed by atoms with Crippen LogP contribution in [-0.2, 0) is 0 Å². The van der Waals surface area contributed by atoms with Crippen molar-refractivity contribution in [2.24, 2.45) is 0 Å². The second kappa shape index (κ2) is 5.77. The fraction of sp³-hybridized carbons (Fsp3) is 0.133. The molecule has 3 nitrogen and oxygen atoms in total. The molecule has 1 atom stereocenters. The number of nitrogens with two attached hydrogens (primary N) is 1. The zero-order valence-corrected chi connectivity index (χ0v) is 12.1. The zero-order chi connectivity index (χ0) is 13.8. The first kappa shape index (κ1) is 13.4. The summed E-state index contributed by atoms with van der Waals surface area (Å²) in [6.07, 6.45) is 0. The van der Waals surface area contributed by atoms with Crippen LogP contribution in [-0.4, -0.2) is 0 Å². The van der Waals surface area contributed by atoms with Gasteiger partial charge in [0.1, 0.15) is 6.07 Å². The predicted molar refractivity (Wildman–Crippen MR) is 81.7 cm³/mol. The lowest BCUT2D eigenvalue weighted by atomic mass is 10.1. The van der Waals surface area contributed by atoms with Crippen molar-refractivity contribution in [1.82, 2.24) is 0 Å². The first-order valence-electron chi connectivity index (χ1n) is 5.92. The maximum atomic E-state index is 8.84. The summed E-state index contributed by atoms with van der Waals surface area (Å²) in [4.78, 5) is 0. The molecule has 0 saturated heterocycles. The molecular weight excluding hydrogens is 302 g/mol. The largest absolute Gasteiger partial charge is 0.398 e. The van der Waals surface area contributed by atoms with Gasteiger partial charge < -0.3 is 11.1 Å². The second-order valence-corrected chi connectivity index (χ2v) is 5.25. The second-order valence-electron chi connectivity index (χ2n) is 4.33. The molecule has 2 aromatic carbocycles. The van der Waals surface area contributed by atoms with E-state index in [9.17, 15) is 0 Å². The molecule has 96 valence electrons. The Labute approximate surface area is 121 Å². The molecule has 0 radical (unpaired) electrons. The number of nitriles is 1. The molecule has 0 saturated carbocycles. The predicted octanol–water partition coefficient (Wildman–Crippen LogP) is 4.08. The molecule has 0 amide bonds. The Balaban J connectivity index is 2.17. The SMILES string of the molecule is CC(Nc1ccc(C#N)c(N)c1)c1cccc(Br)c1. The van der Waals surface area contributed by atoms with E-state index in [2.05, 4.69) is 46.4 Å². The Kier molecular flexibility index (Phi) is 4.08. The van der Waals surface area contributed by atoms with E-state index >= 15 is 0 Å². The molecule has 0 aromatic heterocycles. The van der Waals surface area contributed by atoms with Gasteiger partial charge in [-0.1, -0.05) is 28.1 Å². The number of anilines is 2. The van der Waals surface area contributed by atoms with E-state index < -0.39 is 0 Å². The number of rotatable bonds is 3. The van der Waals surface area contributed by atoms with Gasteiger partial charge in [0, 0.05) is 16.2 Å². The molecule has 0 aliphatic carbocycles. The van der Waals surface area contributed by atoms with E-state index in [0.29, 0.717) is 11.3 Å². The third-order valence-corrected chi connectivity index (χ3v) is 3.40. The van der Waals surface area contributed by atoms with Crippen molar-refractivity contribution in [3.8, 4) is 6.07 Å². The minimum atomic E-state index is 0.157. The molecule has 0 heterocycles. The monoisotopic (exact) mass is 315 g/mol. The number of hydrogen-bond donors (Lipinski definition) is 2. The highest BCUT2D eigenvalue weighted by atomic mass is 79.9. The van der Waals surface area contributed by atoms with Crippen molar-refractivity contribution in [3.05, 3.63) is 58.1 Å². The molecule has 0 aliphatic heterocycles. The van der Waals surface area contributed by atoms with Crippen LogP contribution < -0.4 is 11.1 Å². The Morgan fingerprint density at radius 3 is 2.68 bits per heavy atom. The third-order valence-electron chi connectivity index (χ3n) is 2.90. The first-order valence-corrected chi connectivity index (χ1v) is 6.71. The molecule has 0 fully saturated rings. The van der Waals surface area contributed by atoms with Crippen LogP contribution in [0.3, 0.4) is 0 Å². The molecular formula is C15H14BrN3. The highest BCUT2D eigenvalue weighted by Crippen LogP contribution is 2.24. The van der Waals surface area contributed by atoms with Gasteiger partial charge in [-0.25, -0.2) is 0 Å². The van der Waals surface area contributed by atoms with Gasteiger partial charge in [0.2, 0.25) is 0 Å². The average Bonchev–Trinajstić information content (AvgIpc) is 2.39. The van der Waals surface area contributed by atoms with Crippen LogP contribution >= 0.6 is 15.9 Å². The van der Waals surface area contributed by atoms with Gasteiger partial charge in [-0.2, -0.15) is 5.26 Å². The number of halogens is 1. The van der Waals surface area contributed by atoms with Gasteiger partial charge in [0.05, 0.1) is 11.3 Å². The van der Waals surface area contributed by atoms with E-state index in [1.165, 1.54) is 5.56 Å². The van der Waals surface area contributed by atoms with Crippen LogP contribution in [0.1, 0.15) is 24.1 Å². The van der Waals surface area contributed by atoms with Crippen LogP contribution in [0.5, 0.6) is 0 Å². The standard InChI is InChI=1S/C15H14BrN3/c1-10(11-3-2-4-13(16)7-11)19-14-6-5-12(9-17)15(18)8-14/h2-8,10,19H,18H2,1H3. The summed E-state index contributed by atoms with van der Waals surface area (Å²) < 4.78 is 1.05. The molecule has 2 aromatic rings. The van der Waals surface area contributed by atoms with Crippen molar-refractivity contribution >= 4 is 27.3 Å². The number of nitrogens with one attached hydrogen (secondary N) is 1. The third kappa shape index (κ3) is 3.27. The normalized spacial score (nSPS) is 11.6. The van der Waals surface area contributed by atoms with Gasteiger partial charge in [-0.3, -0.25) is 0 Å². The molecule has 0 bridgehead atoms. The quantitative estimate of drug-likeness (QED) is 0.839. The summed E-state index contributed by atoms with van der Waals surface area (Å²) >= 11 is 3.46. The summed E-state index contributed by atoms with van der Waals surface area (Å²) in [7, 11) is 0. The van der Waals surface area contributed by atoms with Crippen molar-refractivity contribution in [3.63, 3.8) is 0 Å². The number of nitrogens with zero attached hydrogens (tertiary/aromatic N) is 1. The minimum Gasteiger partial charge on any atom is -0.398 e. The fourth-order valence-corrected chi connectivity index (χ4v) is 2.28. The van der Waals surface area contributed by atoms with Gasteiger partial charge in [-0.15, -0.1) is 0 Å². The van der Waals surface area contributed by atoms with Crippen molar-refractivity contribution in [2.45, 2.75) is 13.0 Å². The summed E-state index contributed by atoms with van der Waals surface area (Å²) in [6, 6.07) is 15.7. The van der Waals surface area contributed by atoms with E-state index in [0.717, 1.165) is 10.2 Å². The van der Waals surface area contributed by atoms with Crippen molar-refractivity contribution < 1.29 is 0 Å². The van der Waals surface area contributed by atoms with Gasteiger partial charge in [0.15, 0.2) is 0 Å². The van der Waals surface area contributed by atoms with Crippen LogP contribution in [0, 0.1) is 11.3 Å². The Morgan fingerprint density at radius 2 is 2.05 bits per heavy atom. The summed E-state index contributed by atoms with van der Waals surface area (Å²) in [5, 5.41) is 12.2. The molecule has 1 unspecified atom stereocenters. The molecule has 0 spiro atoms. The Morgan fingerprint density at radius 1 is 1.26 bits per heavy atom. The minimum absolute atomic E-state index is 0.157. The zero-order valence-electron chi connectivity index (χ0n) is 10.5. The van der Waals surface area contributed by atoms with Gasteiger partial charge in [0.25, 0.3) is 0 Å². The number of nitrogen functional groups attached to an aromatic ring is 1. The summed E-state index contributed by atoms with van der Waals surface area (Å²) in [5.74, 6) is 0. The maximum absolute atomic E-state index is 8.84. The smallest absolute Gasteiger partial charge is 0.101 e. The van der Waals surface area contributed by atoms with Gasteiger partial charge >= 0.3 is 0 Å². The van der Waals surface area contributed by atoms with Crippen LogP contribution in [0.15, 0.2) is 46.9 Å².